The zero-order chi connectivity index (χ0) is 20.3. The predicted molar refractivity (Wildman–Crippen MR) is 124 cm³/mol. The van der Waals surface area contributed by atoms with Crippen molar-refractivity contribution in [3.05, 3.63) is 18.2 Å². The molecule has 0 aliphatic rings. The second kappa shape index (κ2) is 18.3. The normalized spacial score (nSPS) is 11.4. The molecule has 0 N–H and O–H groups in total. The largest absolute Gasteiger partial charge is 0.256 e. The Morgan fingerprint density at radius 2 is 1.11 bits per heavy atom. The number of aryl methyl sites for hydroxylation is 2. The van der Waals surface area contributed by atoms with Gasteiger partial charge in [-0.2, -0.15) is 0 Å². The fourth-order valence-corrected chi connectivity index (χ4v) is 4.18. The van der Waals surface area contributed by atoms with Crippen molar-refractivity contribution in [3.63, 3.8) is 0 Å². The number of imidazole rings is 1. The maximum Gasteiger partial charge on any atom is 0.256 e. The summed E-state index contributed by atoms with van der Waals surface area (Å²) in [5.74, 6) is 1.58. The standard InChI is InChI=1S/C26H51N2/c1-4-7-10-12-13-14-15-16-17-18-20-23-28-25-24-27(22-9-6-3)26(28)21-19-11-8-5-2/h24-25H,4-23H2,1-3H3/q+1. The first kappa shape index (κ1) is 25.2. The number of hydrogen-bond donors (Lipinski definition) is 0. The fraction of sp³-hybridized carbons (Fsp3) is 0.885. The highest BCUT2D eigenvalue weighted by Gasteiger charge is 2.16. The van der Waals surface area contributed by atoms with Crippen LogP contribution in [-0.2, 0) is 19.5 Å². The molecule has 0 aliphatic heterocycles. The molecule has 0 amide bonds. The summed E-state index contributed by atoms with van der Waals surface area (Å²) >= 11 is 0. The smallest absolute Gasteiger partial charge is 0.234 e. The third-order valence-corrected chi connectivity index (χ3v) is 6.10. The van der Waals surface area contributed by atoms with E-state index in [4.69, 9.17) is 0 Å². The molecule has 0 saturated carbocycles. The number of nitrogens with zero attached hydrogens (tertiary/aromatic N) is 2. The summed E-state index contributed by atoms with van der Waals surface area (Å²) in [6.45, 7) is 9.32. The Kier molecular flexibility index (Phi) is 16.5. The number of aromatic nitrogens is 2. The monoisotopic (exact) mass is 391 g/mol. The number of unbranched alkanes of at least 4 members (excludes halogenated alkanes) is 14. The van der Waals surface area contributed by atoms with Gasteiger partial charge in [0.05, 0.1) is 13.1 Å². The number of rotatable bonds is 20. The predicted octanol–water partition coefficient (Wildman–Crippen LogP) is 8.01. The van der Waals surface area contributed by atoms with Crippen LogP contribution in [-0.4, -0.2) is 4.57 Å². The van der Waals surface area contributed by atoms with Gasteiger partial charge in [0.15, 0.2) is 0 Å². The summed E-state index contributed by atoms with van der Waals surface area (Å²) in [5.41, 5.74) is 0. The molecule has 0 aliphatic carbocycles. The van der Waals surface area contributed by atoms with Gasteiger partial charge in [0.1, 0.15) is 12.4 Å². The molecule has 0 saturated heterocycles. The third-order valence-electron chi connectivity index (χ3n) is 6.10. The average molecular weight is 392 g/mol. The van der Waals surface area contributed by atoms with Gasteiger partial charge < -0.3 is 0 Å². The minimum atomic E-state index is 1.20. The van der Waals surface area contributed by atoms with Crippen LogP contribution >= 0.6 is 0 Å². The zero-order valence-corrected chi connectivity index (χ0v) is 19.7. The Balaban J connectivity index is 2.22. The lowest BCUT2D eigenvalue weighted by Crippen LogP contribution is -2.37. The molecule has 0 aromatic carbocycles. The molecule has 1 aromatic rings. The van der Waals surface area contributed by atoms with Crippen molar-refractivity contribution in [3.8, 4) is 0 Å². The van der Waals surface area contributed by atoms with Gasteiger partial charge in [0, 0.05) is 6.42 Å². The van der Waals surface area contributed by atoms with Gasteiger partial charge in [0.2, 0.25) is 0 Å². The second-order valence-electron chi connectivity index (χ2n) is 8.80. The average Bonchev–Trinajstić information content (AvgIpc) is 3.09. The lowest BCUT2D eigenvalue weighted by atomic mass is 10.1. The van der Waals surface area contributed by atoms with Crippen molar-refractivity contribution in [2.24, 2.45) is 0 Å². The molecular formula is C26H51N2+. The van der Waals surface area contributed by atoms with E-state index >= 15 is 0 Å². The second-order valence-corrected chi connectivity index (χ2v) is 8.80. The Morgan fingerprint density at radius 1 is 0.607 bits per heavy atom. The first-order valence-electron chi connectivity index (χ1n) is 12.9. The van der Waals surface area contributed by atoms with Crippen LogP contribution in [0.15, 0.2) is 12.4 Å². The Morgan fingerprint density at radius 3 is 1.68 bits per heavy atom. The van der Waals surface area contributed by atoms with Crippen LogP contribution in [0.25, 0.3) is 0 Å². The molecule has 0 spiro atoms. The summed E-state index contributed by atoms with van der Waals surface area (Å²) in [6, 6.07) is 0. The minimum Gasteiger partial charge on any atom is -0.234 e. The Labute approximate surface area is 177 Å². The van der Waals surface area contributed by atoms with E-state index in [2.05, 4.69) is 42.3 Å². The van der Waals surface area contributed by atoms with Gasteiger partial charge in [-0.3, -0.25) is 0 Å². The quantitative estimate of drug-likeness (QED) is 0.157. The van der Waals surface area contributed by atoms with Crippen LogP contribution < -0.4 is 4.57 Å². The first-order chi connectivity index (χ1) is 13.8. The van der Waals surface area contributed by atoms with Crippen molar-refractivity contribution in [2.45, 2.75) is 149 Å². The zero-order valence-electron chi connectivity index (χ0n) is 19.7. The summed E-state index contributed by atoms with van der Waals surface area (Å²) in [7, 11) is 0. The Bertz CT molecular complexity index is 449. The van der Waals surface area contributed by atoms with E-state index in [0.717, 1.165) is 0 Å². The van der Waals surface area contributed by atoms with E-state index in [-0.39, 0.29) is 0 Å². The molecule has 0 radical (unpaired) electrons. The lowest BCUT2D eigenvalue weighted by molar-refractivity contribution is -0.704. The highest BCUT2D eigenvalue weighted by atomic mass is 15.1. The van der Waals surface area contributed by atoms with E-state index in [1.807, 2.05) is 0 Å². The maximum atomic E-state index is 2.56. The molecule has 0 bridgehead atoms. The maximum absolute atomic E-state index is 2.56. The molecular weight excluding hydrogens is 340 g/mol. The molecule has 2 nitrogen and oxygen atoms in total. The highest BCUT2D eigenvalue weighted by Crippen LogP contribution is 2.13. The van der Waals surface area contributed by atoms with Gasteiger partial charge in [-0.25, -0.2) is 9.13 Å². The van der Waals surface area contributed by atoms with Crippen LogP contribution in [0.1, 0.15) is 136 Å². The first-order valence-corrected chi connectivity index (χ1v) is 12.9. The summed E-state index contributed by atoms with van der Waals surface area (Å²) in [5, 5.41) is 0. The summed E-state index contributed by atoms with van der Waals surface area (Å²) in [4.78, 5) is 0. The Hall–Kier alpha value is -0.790. The van der Waals surface area contributed by atoms with E-state index in [1.54, 1.807) is 5.82 Å². The minimum absolute atomic E-state index is 1.20. The number of hydrogen-bond acceptors (Lipinski definition) is 0. The molecule has 0 fully saturated rings. The van der Waals surface area contributed by atoms with Crippen LogP contribution in [0.2, 0.25) is 0 Å². The van der Waals surface area contributed by atoms with Crippen molar-refractivity contribution in [1.29, 1.82) is 0 Å². The van der Waals surface area contributed by atoms with Crippen molar-refractivity contribution < 1.29 is 4.57 Å². The van der Waals surface area contributed by atoms with Gasteiger partial charge in [-0.05, 0) is 25.7 Å². The van der Waals surface area contributed by atoms with Gasteiger partial charge in [-0.15, -0.1) is 0 Å². The topological polar surface area (TPSA) is 8.81 Å². The van der Waals surface area contributed by atoms with Gasteiger partial charge in [0.25, 0.3) is 5.82 Å². The van der Waals surface area contributed by atoms with E-state index in [1.165, 1.54) is 129 Å². The summed E-state index contributed by atoms with van der Waals surface area (Å²) < 4.78 is 5.10. The molecule has 2 heteroatoms. The van der Waals surface area contributed by atoms with Gasteiger partial charge >= 0.3 is 0 Å². The molecule has 1 heterocycles. The van der Waals surface area contributed by atoms with Crippen LogP contribution in [0.5, 0.6) is 0 Å². The molecule has 0 atom stereocenters. The van der Waals surface area contributed by atoms with E-state index < -0.39 is 0 Å². The summed E-state index contributed by atoms with van der Waals surface area (Å²) in [6.07, 6.45) is 29.7. The molecule has 164 valence electrons. The molecule has 0 unspecified atom stereocenters. The van der Waals surface area contributed by atoms with Crippen LogP contribution in [0, 0.1) is 0 Å². The lowest BCUT2D eigenvalue weighted by Gasteiger charge is -2.06. The molecule has 28 heavy (non-hydrogen) atoms. The van der Waals surface area contributed by atoms with Crippen LogP contribution in [0.4, 0.5) is 0 Å². The fourth-order valence-electron chi connectivity index (χ4n) is 4.18. The van der Waals surface area contributed by atoms with Gasteiger partial charge in [-0.1, -0.05) is 104 Å². The highest BCUT2D eigenvalue weighted by molar-refractivity contribution is 4.84. The van der Waals surface area contributed by atoms with Crippen molar-refractivity contribution in [2.75, 3.05) is 0 Å². The third kappa shape index (κ3) is 11.9. The molecule has 1 rings (SSSR count). The SMILES string of the molecule is CCCCCCCCCCCCCn1cc[n+](CCCC)c1CCCCCC. The van der Waals surface area contributed by atoms with Crippen molar-refractivity contribution in [1.82, 2.24) is 4.57 Å². The van der Waals surface area contributed by atoms with Crippen molar-refractivity contribution >= 4 is 0 Å². The van der Waals surface area contributed by atoms with E-state index in [0.29, 0.717) is 0 Å². The van der Waals surface area contributed by atoms with Crippen LogP contribution in [0.3, 0.4) is 0 Å². The van der Waals surface area contributed by atoms with E-state index in [9.17, 15) is 0 Å². The molecule has 1 aromatic heterocycles.